The summed E-state index contributed by atoms with van der Waals surface area (Å²) in [6, 6.07) is 24.6. The average molecular weight is 429 g/mol. The molecule has 1 atom stereocenters. The van der Waals surface area contributed by atoms with Crippen molar-refractivity contribution in [3.05, 3.63) is 106 Å². The van der Waals surface area contributed by atoms with Gasteiger partial charge in [-0.1, -0.05) is 60.7 Å². The van der Waals surface area contributed by atoms with Crippen molar-refractivity contribution in [1.29, 1.82) is 0 Å². The van der Waals surface area contributed by atoms with Gasteiger partial charge in [0, 0.05) is 17.0 Å². The number of carbonyl (C=O) groups excluding carboxylic acids is 1. The molecule has 3 aromatic rings. The zero-order valence-corrected chi connectivity index (χ0v) is 17.8. The molecule has 1 saturated carbocycles. The van der Waals surface area contributed by atoms with Crippen LogP contribution in [0.5, 0.6) is 5.75 Å². The topological polar surface area (TPSA) is 93.8 Å². The fourth-order valence-corrected chi connectivity index (χ4v) is 4.19. The van der Waals surface area contributed by atoms with Crippen LogP contribution in [0.25, 0.3) is 0 Å². The normalized spacial score (nSPS) is 16.8. The summed E-state index contributed by atoms with van der Waals surface area (Å²) in [6.07, 6.45) is 0.690. The molecule has 4 rings (SSSR count). The lowest BCUT2D eigenvalue weighted by Gasteiger charge is -2.18. The molecule has 0 radical (unpaired) electrons. The van der Waals surface area contributed by atoms with E-state index in [2.05, 4.69) is 10.5 Å². The van der Waals surface area contributed by atoms with Gasteiger partial charge in [0.05, 0.1) is 23.7 Å². The SMILES string of the molecule is COc1ccc(/C(C)=N\NC(=O)[C@H]2CC2(c2ccccc2)c2ccccc2)cc1[N+](=O)[O-]. The Bertz CT molecular complexity index is 1140. The van der Waals surface area contributed by atoms with E-state index >= 15 is 0 Å². The molecule has 32 heavy (non-hydrogen) atoms. The molecule has 0 spiro atoms. The largest absolute Gasteiger partial charge is 0.490 e. The van der Waals surface area contributed by atoms with E-state index in [0.717, 1.165) is 11.1 Å². The zero-order valence-electron chi connectivity index (χ0n) is 17.8. The second kappa shape index (κ2) is 8.63. The molecule has 0 aliphatic heterocycles. The maximum Gasteiger partial charge on any atom is 0.311 e. The molecule has 0 aromatic heterocycles. The molecule has 0 heterocycles. The first-order valence-electron chi connectivity index (χ1n) is 10.3. The Hall–Kier alpha value is -4.00. The van der Waals surface area contributed by atoms with Gasteiger partial charge < -0.3 is 4.74 Å². The van der Waals surface area contributed by atoms with Gasteiger partial charge in [-0.25, -0.2) is 5.43 Å². The van der Waals surface area contributed by atoms with Crippen LogP contribution in [0.3, 0.4) is 0 Å². The maximum atomic E-state index is 13.0. The highest BCUT2D eigenvalue weighted by atomic mass is 16.6. The number of methoxy groups -OCH3 is 1. The van der Waals surface area contributed by atoms with Gasteiger partial charge >= 0.3 is 5.69 Å². The van der Waals surface area contributed by atoms with Crippen molar-refractivity contribution >= 4 is 17.3 Å². The number of ether oxygens (including phenoxy) is 1. The van der Waals surface area contributed by atoms with E-state index in [4.69, 9.17) is 4.74 Å². The first-order valence-corrected chi connectivity index (χ1v) is 10.3. The molecule has 0 saturated heterocycles. The van der Waals surface area contributed by atoms with Crippen LogP contribution in [-0.4, -0.2) is 23.7 Å². The third kappa shape index (κ3) is 3.85. The van der Waals surface area contributed by atoms with Gasteiger partial charge in [0.1, 0.15) is 0 Å². The predicted molar refractivity (Wildman–Crippen MR) is 122 cm³/mol. The van der Waals surface area contributed by atoms with Crippen molar-refractivity contribution in [3.8, 4) is 5.75 Å². The Morgan fingerprint density at radius 2 is 1.66 bits per heavy atom. The Morgan fingerprint density at radius 1 is 1.06 bits per heavy atom. The van der Waals surface area contributed by atoms with Crippen LogP contribution in [0.1, 0.15) is 30.0 Å². The molecule has 1 aliphatic carbocycles. The smallest absolute Gasteiger partial charge is 0.311 e. The molecule has 1 N–H and O–H groups in total. The molecule has 162 valence electrons. The summed E-state index contributed by atoms with van der Waals surface area (Å²) >= 11 is 0. The summed E-state index contributed by atoms with van der Waals surface area (Å²) in [5, 5.41) is 15.5. The van der Waals surface area contributed by atoms with Crippen LogP contribution >= 0.6 is 0 Å². The van der Waals surface area contributed by atoms with Gasteiger partial charge in [0.25, 0.3) is 0 Å². The standard InChI is InChI=1S/C25H23N3O4/c1-17(18-13-14-23(32-2)22(15-18)28(30)31)26-27-24(29)21-16-25(21,19-9-5-3-6-10-19)20-11-7-4-8-12-20/h3-15,21H,16H2,1-2H3,(H,27,29)/b26-17-/t21-/m1/s1. The quantitative estimate of drug-likeness (QED) is 0.341. The van der Waals surface area contributed by atoms with Crippen molar-refractivity contribution in [3.63, 3.8) is 0 Å². The number of nitro benzene ring substituents is 1. The minimum Gasteiger partial charge on any atom is -0.490 e. The van der Waals surface area contributed by atoms with Gasteiger partial charge in [-0.15, -0.1) is 0 Å². The first kappa shape index (κ1) is 21.2. The molecule has 7 nitrogen and oxygen atoms in total. The van der Waals surface area contributed by atoms with E-state index in [1.165, 1.54) is 19.2 Å². The van der Waals surface area contributed by atoms with Crippen LogP contribution in [0.4, 0.5) is 5.69 Å². The van der Waals surface area contributed by atoms with Gasteiger partial charge in [-0.3, -0.25) is 14.9 Å². The summed E-state index contributed by atoms with van der Waals surface area (Å²) in [5.41, 5.74) is 5.32. The molecule has 3 aromatic carbocycles. The zero-order chi connectivity index (χ0) is 22.7. The van der Waals surface area contributed by atoms with Gasteiger partial charge in [-0.05, 0) is 36.6 Å². The number of hydrogen-bond donors (Lipinski definition) is 1. The molecular formula is C25H23N3O4. The summed E-state index contributed by atoms with van der Waals surface area (Å²) in [7, 11) is 1.38. The molecular weight excluding hydrogens is 406 g/mol. The fourth-order valence-electron chi connectivity index (χ4n) is 4.19. The van der Waals surface area contributed by atoms with Crippen LogP contribution in [0.2, 0.25) is 0 Å². The molecule has 1 amide bonds. The van der Waals surface area contributed by atoms with E-state index in [1.807, 2.05) is 60.7 Å². The fraction of sp³-hybridized carbons (Fsp3) is 0.200. The minimum atomic E-state index is -0.507. The number of nitrogens with one attached hydrogen (secondary N) is 1. The van der Waals surface area contributed by atoms with Gasteiger partial charge in [0.15, 0.2) is 5.75 Å². The Morgan fingerprint density at radius 3 is 2.19 bits per heavy atom. The number of rotatable bonds is 7. The van der Waals surface area contributed by atoms with Crippen molar-refractivity contribution in [1.82, 2.24) is 5.43 Å². The second-order valence-electron chi connectivity index (χ2n) is 7.78. The van der Waals surface area contributed by atoms with Crippen LogP contribution < -0.4 is 10.2 Å². The monoisotopic (exact) mass is 429 g/mol. The van der Waals surface area contributed by atoms with E-state index in [-0.39, 0.29) is 28.7 Å². The van der Waals surface area contributed by atoms with Crippen molar-refractivity contribution < 1.29 is 14.5 Å². The molecule has 0 unspecified atom stereocenters. The summed E-state index contributed by atoms with van der Waals surface area (Å²) in [5.74, 6) is -0.266. The van der Waals surface area contributed by atoms with Gasteiger partial charge in [-0.2, -0.15) is 5.10 Å². The lowest BCUT2D eigenvalue weighted by Crippen LogP contribution is -2.26. The lowest BCUT2D eigenvalue weighted by atomic mass is 9.85. The summed E-state index contributed by atoms with van der Waals surface area (Å²) < 4.78 is 5.03. The number of nitro groups is 1. The second-order valence-corrected chi connectivity index (χ2v) is 7.78. The number of benzene rings is 3. The Balaban J connectivity index is 1.56. The molecule has 1 aliphatic rings. The van der Waals surface area contributed by atoms with Crippen molar-refractivity contribution in [2.24, 2.45) is 11.0 Å². The van der Waals surface area contributed by atoms with Crippen molar-refractivity contribution in [2.75, 3.05) is 7.11 Å². The van der Waals surface area contributed by atoms with E-state index in [9.17, 15) is 14.9 Å². The molecule has 7 heteroatoms. The molecule has 1 fully saturated rings. The number of carbonyl (C=O) groups is 1. The summed E-state index contributed by atoms with van der Waals surface area (Å²) in [4.78, 5) is 23.8. The number of nitrogens with zero attached hydrogens (tertiary/aromatic N) is 2. The van der Waals surface area contributed by atoms with E-state index in [0.29, 0.717) is 17.7 Å². The third-order valence-corrected chi connectivity index (χ3v) is 5.98. The predicted octanol–water partition coefficient (Wildman–Crippen LogP) is 4.45. The highest BCUT2D eigenvalue weighted by Gasteiger charge is 2.60. The summed E-state index contributed by atoms with van der Waals surface area (Å²) in [6.45, 7) is 1.69. The third-order valence-electron chi connectivity index (χ3n) is 5.98. The van der Waals surface area contributed by atoms with Crippen LogP contribution in [-0.2, 0) is 10.2 Å². The number of hydrogen-bond acceptors (Lipinski definition) is 5. The van der Waals surface area contributed by atoms with E-state index in [1.54, 1.807) is 13.0 Å². The van der Waals surface area contributed by atoms with E-state index < -0.39 is 4.92 Å². The minimum absolute atomic E-state index is 0.153. The van der Waals surface area contributed by atoms with Crippen LogP contribution in [0.15, 0.2) is 84.0 Å². The Kier molecular flexibility index (Phi) is 5.73. The maximum absolute atomic E-state index is 13.0. The van der Waals surface area contributed by atoms with Crippen molar-refractivity contribution in [2.45, 2.75) is 18.8 Å². The lowest BCUT2D eigenvalue weighted by molar-refractivity contribution is -0.385. The van der Waals surface area contributed by atoms with Gasteiger partial charge in [0.2, 0.25) is 5.91 Å². The first-order chi connectivity index (χ1) is 15.5. The highest BCUT2D eigenvalue weighted by molar-refractivity contribution is 6.00. The number of amides is 1. The highest BCUT2D eigenvalue weighted by Crippen LogP contribution is 2.58. The average Bonchev–Trinajstić information content (AvgIpc) is 3.60. The molecule has 0 bridgehead atoms. The van der Waals surface area contributed by atoms with Crippen LogP contribution in [0, 0.1) is 16.0 Å². The Labute approximate surface area is 185 Å². The number of hydrazone groups is 1.